The van der Waals surface area contributed by atoms with Crippen molar-refractivity contribution in [1.29, 1.82) is 0 Å². The zero-order valence-electron chi connectivity index (χ0n) is 24.5. The number of aliphatic hydroxyl groups excluding tert-OH is 1. The normalized spacial score (nSPS) is 26.7. The first-order valence-corrected chi connectivity index (χ1v) is 15.7. The molecular formula is C34H41N3O4S. The van der Waals surface area contributed by atoms with E-state index in [1.54, 1.807) is 38.6 Å². The monoisotopic (exact) mass is 587 g/mol. The van der Waals surface area contributed by atoms with Gasteiger partial charge in [0.25, 0.3) is 0 Å². The minimum Gasteiger partial charge on any atom is -0.394 e. The Bertz CT molecular complexity index is 1320. The van der Waals surface area contributed by atoms with Crippen molar-refractivity contribution in [3.05, 3.63) is 91.5 Å². The molecule has 8 heteroatoms. The molecule has 3 amide bonds. The van der Waals surface area contributed by atoms with Crippen LogP contribution < -0.4 is 4.90 Å². The summed E-state index contributed by atoms with van der Waals surface area (Å²) in [5, 5.41) is 10.6. The van der Waals surface area contributed by atoms with Gasteiger partial charge in [0.15, 0.2) is 0 Å². The average molecular weight is 588 g/mol. The van der Waals surface area contributed by atoms with Crippen LogP contribution in [0.2, 0.25) is 0 Å². The third-order valence-electron chi connectivity index (χ3n) is 9.05. The highest BCUT2D eigenvalue weighted by Crippen LogP contribution is 2.67. The molecule has 5 rings (SSSR count). The van der Waals surface area contributed by atoms with Crippen molar-refractivity contribution in [2.75, 3.05) is 24.6 Å². The van der Waals surface area contributed by atoms with E-state index in [1.165, 1.54) is 0 Å². The summed E-state index contributed by atoms with van der Waals surface area (Å²) in [5.74, 6) is -1.67. The van der Waals surface area contributed by atoms with E-state index in [0.29, 0.717) is 25.9 Å². The molecule has 3 saturated heterocycles. The van der Waals surface area contributed by atoms with Crippen LogP contribution in [-0.2, 0) is 20.8 Å². The molecule has 42 heavy (non-hydrogen) atoms. The van der Waals surface area contributed by atoms with Gasteiger partial charge in [-0.15, -0.1) is 24.9 Å². The van der Waals surface area contributed by atoms with E-state index < -0.39 is 28.7 Å². The summed E-state index contributed by atoms with van der Waals surface area (Å²) < 4.78 is -0.742. The Kier molecular flexibility index (Phi) is 8.94. The van der Waals surface area contributed by atoms with Gasteiger partial charge in [-0.3, -0.25) is 14.4 Å². The minimum absolute atomic E-state index is 0.0615. The summed E-state index contributed by atoms with van der Waals surface area (Å²) in [6.45, 7) is 12.1. The highest BCUT2D eigenvalue weighted by Gasteiger charge is 2.74. The van der Waals surface area contributed by atoms with E-state index in [-0.39, 0.29) is 35.6 Å². The number of rotatable bonds is 12. The molecule has 1 N–H and O–H groups in total. The van der Waals surface area contributed by atoms with Crippen molar-refractivity contribution in [3.63, 3.8) is 0 Å². The molecule has 0 aliphatic carbocycles. The number of carbonyl (C=O) groups excluding carboxylic acids is 3. The fourth-order valence-corrected chi connectivity index (χ4v) is 9.47. The van der Waals surface area contributed by atoms with E-state index in [0.717, 1.165) is 17.7 Å². The van der Waals surface area contributed by atoms with Gasteiger partial charge < -0.3 is 19.8 Å². The zero-order valence-corrected chi connectivity index (χ0v) is 25.3. The molecular weight excluding hydrogens is 546 g/mol. The van der Waals surface area contributed by atoms with Crippen molar-refractivity contribution in [2.45, 2.75) is 61.2 Å². The van der Waals surface area contributed by atoms with E-state index >= 15 is 0 Å². The third-order valence-corrected chi connectivity index (χ3v) is 11.0. The molecule has 3 heterocycles. The third kappa shape index (κ3) is 5.09. The van der Waals surface area contributed by atoms with Crippen LogP contribution in [0.15, 0.2) is 86.0 Å². The molecule has 2 aromatic carbocycles. The van der Waals surface area contributed by atoms with Gasteiger partial charge in [-0.1, -0.05) is 60.7 Å². The molecule has 7 nitrogen and oxygen atoms in total. The van der Waals surface area contributed by atoms with Gasteiger partial charge in [0, 0.05) is 30.1 Å². The Morgan fingerprint density at radius 3 is 2.29 bits per heavy atom. The first kappa shape index (κ1) is 30.1. The molecule has 6 atom stereocenters. The quantitative estimate of drug-likeness (QED) is 0.374. The number of hydrogen-bond acceptors (Lipinski definition) is 5. The van der Waals surface area contributed by atoms with Crippen molar-refractivity contribution in [2.24, 2.45) is 11.8 Å². The van der Waals surface area contributed by atoms with Crippen LogP contribution in [0.1, 0.15) is 32.3 Å². The first-order valence-electron chi connectivity index (χ1n) is 14.8. The number of anilines is 1. The molecule has 0 aromatic heterocycles. The fourth-order valence-electron chi connectivity index (χ4n) is 7.27. The number of nitrogens with zero attached hydrogens (tertiary/aromatic N) is 3. The summed E-state index contributed by atoms with van der Waals surface area (Å²) >= 11 is 1.65. The van der Waals surface area contributed by atoms with Gasteiger partial charge in [-0.05, 0) is 50.8 Å². The average Bonchev–Trinajstić information content (AvgIpc) is 3.65. The standard InChI is InChI=1S/C34H41N3O4S/c1-5-19-35(23(3)4)33(41)30-34-18-17-27(42-34)28(31(39)36(20-6-2)25-15-11-8-12-16-25)29(34)32(40)37(30)26(22-38)21-24-13-9-7-10-14-24/h5-16,23,26-30,38H,1-2,17-22H2,3-4H3/t26-,27-,28+,29+,30?,34?/m1/s1. The smallest absolute Gasteiger partial charge is 0.247 e. The maximum atomic E-state index is 14.7. The molecule has 0 saturated carbocycles. The second-order valence-electron chi connectivity index (χ2n) is 11.8. The largest absolute Gasteiger partial charge is 0.394 e. The van der Waals surface area contributed by atoms with Crippen LogP contribution >= 0.6 is 11.8 Å². The van der Waals surface area contributed by atoms with E-state index in [9.17, 15) is 19.5 Å². The van der Waals surface area contributed by atoms with Crippen LogP contribution in [0.5, 0.6) is 0 Å². The summed E-state index contributed by atoms with van der Waals surface area (Å²) in [7, 11) is 0. The van der Waals surface area contributed by atoms with Crippen LogP contribution in [0.4, 0.5) is 5.69 Å². The minimum atomic E-state index is -0.782. The number of likely N-dealkylation sites (tertiary alicyclic amines) is 1. The van der Waals surface area contributed by atoms with Gasteiger partial charge in [0.2, 0.25) is 17.7 Å². The van der Waals surface area contributed by atoms with Crippen molar-refractivity contribution >= 4 is 35.2 Å². The Morgan fingerprint density at radius 1 is 1.05 bits per heavy atom. The van der Waals surface area contributed by atoms with Crippen molar-refractivity contribution in [1.82, 2.24) is 9.80 Å². The predicted molar refractivity (Wildman–Crippen MR) is 168 cm³/mol. The van der Waals surface area contributed by atoms with Crippen LogP contribution in [0.3, 0.4) is 0 Å². The molecule has 2 aromatic rings. The van der Waals surface area contributed by atoms with Crippen molar-refractivity contribution in [3.8, 4) is 0 Å². The Hall–Kier alpha value is -3.36. The number of amides is 3. The molecule has 3 aliphatic rings. The lowest BCUT2D eigenvalue weighted by Crippen LogP contribution is -2.59. The summed E-state index contributed by atoms with van der Waals surface area (Å²) in [6.07, 6.45) is 5.25. The number of thioether (sulfide) groups is 1. The second kappa shape index (κ2) is 12.5. The van der Waals surface area contributed by atoms with Crippen LogP contribution in [-0.4, -0.2) is 80.4 Å². The van der Waals surface area contributed by atoms with Gasteiger partial charge in [0.1, 0.15) is 6.04 Å². The van der Waals surface area contributed by atoms with Gasteiger partial charge >= 0.3 is 0 Å². The van der Waals surface area contributed by atoms with Crippen LogP contribution in [0, 0.1) is 11.8 Å². The molecule has 1 spiro atoms. The van der Waals surface area contributed by atoms with E-state index in [1.807, 2.05) is 74.5 Å². The zero-order chi connectivity index (χ0) is 30.0. The maximum absolute atomic E-state index is 14.7. The molecule has 2 bridgehead atoms. The summed E-state index contributed by atoms with van der Waals surface area (Å²) in [6, 6.07) is 17.7. The number of carbonyl (C=O) groups is 3. The lowest BCUT2D eigenvalue weighted by molar-refractivity contribution is -0.146. The number of aliphatic hydroxyl groups is 1. The van der Waals surface area contributed by atoms with E-state index in [4.69, 9.17) is 0 Å². The van der Waals surface area contributed by atoms with Gasteiger partial charge in [-0.25, -0.2) is 0 Å². The first-order chi connectivity index (χ1) is 20.3. The Balaban J connectivity index is 1.59. The summed E-state index contributed by atoms with van der Waals surface area (Å²) in [5.41, 5.74) is 1.73. The number of hydrogen-bond donors (Lipinski definition) is 1. The van der Waals surface area contributed by atoms with E-state index in [2.05, 4.69) is 13.2 Å². The highest BCUT2D eigenvalue weighted by molar-refractivity contribution is 8.02. The van der Waals surface area contributed by atoms with Gasteiger partial charge in [-0.2, -0.15) is 0 Å². The Morgan fingerprint density at radius 2 is 1.69 bits per heavy atom. The Labute approximate surface area is 253 Å². The molecule has 0 radical (unpaired) electrons. The lowest BCUT2D eigenvalue weighted by Gasteiger charge is -2.40. The maximum Gasteiger partial charge on any atom is 0.247 e. The van der Waals surface area contributed by atoms with Gasteiger partial charge in [0.05, 0.1) is 29.2 Å². The molecule has 3 aliphatic heterocycles. The van der Waals surface area contributed by atoms with Crippen LogP contribution in [0.25, 0.3) is 0 Å². The summed E-state index contributed by atoms with van der Waals surface area (Å²) in [4.78, 5) is 48.8. The molecule has 222 valence electrons. The predicted octanol–water partition coefficient (Wildman–Crippen LogP) is 4.32. The van der Waals surface area contributed by atoms with Crippen molar-refractivity contribution < 1.29 is 19.5 Å². The second-order valence-corrected chi connectivity index (χ2v) is 13.4. The topological polar surface area (TPSA) is 81.2 Å². The SMILES string of the molecule is C=CCN(C(=O)[C@@H]1[C@H]2C(=O)N([C@@H](CO)Cc3ccccc3)C(C(=O)N(CC=C)C(C)C)C23CC[C@H]1S3)c1ccccc1. The highest BCUT2D eigenvalue weighted by atomic mass is 32.2. The molecule has 2 unspecified atom stereocenters. The lowest BCUT2D eigenvalue weighted by atomic mass is 9.70. The number of para-hydroxylation sites is 1. The number of fused-ring (bicyclic) bond motifs is 1. The molecule has 3 fully saturated rings. The fraction of sp³-hybridized carbons (Fsp3) is 0.441. The number of benzene rings is 2.